The summed E-state index contributed by atoms with van der Waals surface area (Å²) in [7, 11) is 0. The van der Waals surface area contributed by atoms with E-state index in [1.54, 1.807) is 0 Å². The van der Waals surface area contributed by atoms with Gasteiger partial charge in [-0.25, -0.2) is 0 Å². The van der Waals surface area contributed by atoms with E-state index in [-0.39, 0.29) is 11.7 Å². The van der Waals surface area contributed by atoms with Gasteiger partial charge in [-0.15, -0.1) is 0 Å². The molecular formula is C13H16BrNO2S. The number of nitrogens with one attached hydrogen (secondary N) is 1. The van der Waals surface area contributed by atoms with Crippen molar-refractivity contribution in [3.63, 3.8) is 0 Å². The van der Waals surface area contributed by atoms with Gasteiger partial charge >= 0.3 is 5.97 Å². The van der Waals surface area contributed by atoms with Crippen LogP contribution in [-0.2, 0) is 15.1 Å². The molecule has 1 aromatic carbocycles. The summed E-state index contributed by atoms with van der Waals surface area (Å²) in [4.78, 5) is 11.6. The summed E-state index contributed by atoms with van der Waals surface area (Å²) in [6.07, 6.45) is 1.60. The summed E-state index contributed by atoms with van der Waals surface area (Å²) in [5.74, 6) is -0.144. The Balaban J connectivity index is 2.28. The second-order valence-corrected chi connectivity index (χ2v) is 5.62. The quantitative estimate of drug-likeness (QED) is 0.661. The molecular weight excluding hydrogens is 314 g/mol. The van der Waals surface area contributed by atoms with E-state index < -0.39 is 5.60 Å². The third-order valence-electron chi connectivity index (χ3n) is 3.22. The fraction of sp³-hybridized carbons (Fsp3) is 0.462. The first kappa shape index (κ1) is 13.9. The van der Waals surface area contributed by atoms with E-state index in [1.165, 1.54) is 0 Å². The van der Waals surface area contributed by atoms with E-state index in [4.69, 9.17) is 4.74 Å². The molecule has 1 heterocycles. The van der Waals surface area contributed by atoms with Gasteiger partial charge in [0.15, 0.2) is 0 Å². The Kier molecular flexibility index (Phi) is 4.70. The number of halogens is 1. The fourth-order valence-corrected chi connectivity index (χ4v) is 2.61. The van der Waals surface area contributed by atoms with Crippen LogP contribution in [0.15, 0.2) is 28.7 Å². The fourth-order valence-electron chi connectivity index (χ4n) is 2.28. The van der Waals surface area contributed by atoms with E-state index in [2.05, 4.69) is 33.9 Å². The van der Waals surface area contributed by atoms with Crippen molar-refractivity contribution < 1.29 is 9.53 Å². The maximum atomic E-state index is 11.6. The normalized spacial score (nSPS) is 18.3. The molecule has 1 aliphatic rings. The monoisotopic (exact) mass is 329 g/mol. The summed E-state index contributed by atoms with van der Waals surface area (Å²) in [6, 6.07) is 7.99. The van der Waals surface area contributed by atoms with Crippen molar-refractivity contribution in [2.24, 2.45) is 0 Å². The maximum Gasteiger partial charge on any atom is 0.316 e. The number of carbonyl (C=O) groups excluding carboxylic acids is 1. The van der Waals surface area contributed by atoms with Crippen molar-refractivity contribution in [3.05, 3.63) is 34.3 Å². The predicted molar refractivity (Wildman–Crippen MR) is 77.9 cm³/mol. The standard InChI is InChI=1S/C13H16BrNO2S/c14-11-3-1-10(2-4-11)13(17-12(16)9-18)5-7-15-8-6-13/h1-4,15,18H,5-9H2. The Morgan fingerprint density at radius 3 is 2.50 bits per heavy atom. The lowest BCUT2D eigenvalue weighted by atomic mass is 9.85. The molecule has 2 rings (SSSR count). The van der Waals surface area contributed by atoms with Gasteiger partial charge in [-0.2, -0.15) is 12.6 Å². The molecule has 1 N–H and O–H groups in total. The topological polar surface area (TPSA) is 38.3 Å². The lowest BCUT2D eigenvalue weighted by Crippen LogP contribution is -2.43. The van der Waals surface area contributed by atoms with Gasteiger partial charge in [0.1, 0.15) is 5.60 Å². The molecule has 0 radical (unpaired) electrons. The van der Waals surface area contributed by atoms with Crippen LogP contribution in [0.2, 0.25) is 0 Å². The molecule has 0 atom stereocenters. The highest BCUT2D eigenvalue weighted by Gasteiger charge is 2.37. The molecule has 0 saturated carbocycles. The average Bonchev–Trinajstić information content (AvgIpc) is 2.40. The minimum absolute atomic E-state index is 0.117. The molecule has 0 unspecified atom stereocenters. The summed E-state index contributed by atoms with van der Waals surface area (Å²) < 4.78 is 6.71. The number of ether oxygens (including phenoxy) is 1. The molecule has 1 aliphatic heterocycles. The smallest absolute Gasteiger partial charge is 0.316 e. The number of hydrogen-bond donors (Lipinski definition) is 2. The van der Waals surface area contributed by atoms with Gasteiger partial charge in [-0.1, -0.05) is 28.1 Å². The van der Waals surface area contributed by atoms with E-state index in [0.29, 0.717) is 0 Å². The number of rotatable bonds is 3. The van der Waals surface area contributed by atoms with Gasteiger partial charge in [0, 0.05) is 17.3 Å². The lowest BCUT2D eigenvalue weighted by Gasteiger charge is -2.37. The molecule has 0 spiro atoms. The van der Waals surface area contributed by atoms with Gasteiger partial charge in [-0.3, -0.25) is 4.79 Å². The van der Waals surface area contributed by atoms with Crippen LogP contribution in [0.5, 0.6) is 0 Å². The molecule has 1 aromatic rings. The average molecular weight is 330 g/mol. The second kappa shape index (κ2) is 6.08. The minimum atomic E-state index is -0.494. The summed E-state index contributed by atoms with van der Waals surface area (Å²) >= 11 is 7.40. The zero-order chi connectivity index (χ0) is 13.0. The van der Waals surface area contributed by atoms with Crippen molar-refractivity contribution in [1.29, 1.82) is 0 Å². The molecule has 0 aliphatic carbocycles. The van der Waals surface area contributed by atoms with Crippen molar-refractivity contribution in [2.75, 3.05) is 18.8 Å². The van der Waals surface area contributed by atoms with Gasteiger partial charge in [0.2, 0.25) is 0 Å². The van der Waals surface area contributed by atoms with Crippen molar-refractivity contribution in [2.45, 2.75) is 18.4 Å². The first-order valence-electron chi connectivity index (χ1n) is 5.96. The van der Waals surface area contributed by atoms with Crippen LogP contribution < -0.4 is 5.32 Å². The molecule has 3 nitrogen and oxygen atoms in total. The van der Waals surface area contributed by atoms with E-state index in [1.807, 2.05) is 24.3 Å². The van der Waals surface area contributed by atoms with Crippen LogP contribution in [0.4, 0.5) is 0 Å². The maximum absolute atomic E-state index is 11.6. The Morgan fingerprint density at radius 2 is 1.94 bits per heavy atom. The Morgan fingerprint density at radius 1 is 1.33 bits per heavy atom. The van der Waals surface area contributed by atoms with Crippen LogP contribution in [0, 0.1) is 0 Å². The minimum Gasteiger partial charge on any atom is -0.453 e. The second-order valence-electron chi connectivity index (χ2n) is 4.38. The van der Waals surface area contributed by atoms with Gasteiger partial charge < -0.3 is 10.1 Å². The van der Waals surface area contributed by atoms with Gasteiger partial charge in [-0.05, 0) is 30.8 Å². The predicted octanol–water partition coefficient (Wildman–Crippen LogP) is 2.50. The molecule has 1 saturated heterocycles. The Labute approximate surface area is 121 Å². The molecule has 0 amide bonds. The van der Waals surface area contributed by atoms with Crippen molar-refractivity contribution in [1.82, 2.24) is 5.32 Å². The Bertz CT molecular complexity index is 416. The van der Waals surface area contributed by atoms with Gasteiger partial charge in [0.25, 0.3) is 0 Å². The lowest BCUT2D eigenvalue weighted by molar-refractivity contribution is -0.160. The summed E-state index contributed by atoms with van der Waals surface area (Å²) in [5, 5.41) is 3.29. The largest absolute Gasteiger partial charge is 0.453 e. The highest BCUT2D eigenvalue weighted by molar-refractivity contribution is 9.10. The first-order chi connectivity index (χ1) is 8.66. The number of piperidine rings is 1. The number of hydrogen-bond acceptors (Lipinski definition) is 4. The highest BCUT2D eigenvalue weighted by atomic mass is 79.9. The van der Waals surface area contributed by atoms with Crippen LogP contribution in [0.3, 0.4) is 0 Å². The SMILES string of the molecule is O=C(CS)OC1(c2ccc(Br)cc2)CCNCC1. The summed E-state index contributed by atoms with van der Waals surface area (Å²) in [5.41, 5.74) is 0.563. The molecule has 0 aromatic heterocycles. The Hall–Kier alpha value is -0.520. The zero-order valence-electron chi connectivity index (χ0n) is 9.99. The third kappa shape index (κ3) is 3.08. The number of thiol groups is 1. The van der Waals surface area contributed by atoms with E-state index in [9.17, 15) is 4.79 Å². The number of carbonyl (C=O) groups is 1. The highest BCUT2D eigenvalue weighted by Crippen LogP contribution is 2.35. The molecule has 0 bridgehead atoms. The number of benzene rings is 1. The molecule has 98 valence electrons. The van der Waals surface area contributed by atoms with Crippen molar-refractivity contribution >= 4 is 34.5 Å². The molecule has 1 fully saturated rings. The molecule has 18 heavy (non-hydrogen) atoms. The first-order valence-corrected chi connectivity index (χ1v) is 7.38. The third-order valence-corrected chi connectivity index (χ3v) is 4.01. The molecule has 5 heteroatoms. The van der Waals surface area contributed by atoms with Crippen LogP contribution in [0.1, 0.15) is 18.4 Å². The number of esters is 1. The summed E-state index contributed by atoms with van der Waals surface area (Å²) in [6.45, 7) is 1.71. The van der Waals surface area contributed by atoms with E-state index in [0.717, 1.165) is 36.0 Å². The zero-order valence-corrected chi connectivity index (χ0v) is 12.5. The van der Waals surface area contributed by atoms with Crippen LogP contribution in [-0.4, -0.2) is 24.8 Å². The van der Waals surface area contributed by atoms with E-state index >= 15 is 0 Å². The van der Waals surface area contributed by atoms with Gasteiger partial charge in [0.05, 0.1) is 5.75 Å². The van der Waals surface area contributed by atoms with Crippen LogP contribution >= 0.6 is 28.6 Å². The van der Waals surface area contributed by atoms with Crippen LogP contribution in [0.25, 0.3) is 0 Å². The van der Waals surface area contributed by atoms with Crippen molar-refractivity contribution in [3.8, 4) is 0 Å².